The summed E-state index contributed by atoms with van der Waals surface area (Å²) in [7, 11) is 1.63. The van der Waals surface area contributed by atoms with Gasteiger partial charge in [-0.1, -0.05) is 0 Å². The minimum Gasteiger partial charge on any atom is -0.497 e. The Bertz CT molecular complexity index is 970. The van der Waals surface area contributed by atoms with Gasteiger partial charge in [-0.25, -0.2) is 15.0 Å². The van der Waals surface area contributed by atoms with Crippen LogP contribution >= 0.6 is 11.3 Å². The van der Waals surface area contributed by atoms with Crippen molar-refractivity contribution in [2.75, 3.05) is 19.0 Å². The van der Waals surface area contributed by atoms with E-state index in [0.29, 0.717) is 23.9 Å². The first-order chi connectivity index (χ1) is 13.1. The number of rotatable bonds is 4. The number of hydrogen-bond acceptors (Lipinski definition) is 7. The molecule has 0 bridgehead atoms. The molecule has 0 radical (unpaired) electrons. The number of methoxy groups -OCH3 is 1. The van der Waals surface area contributed by atoms with E-state index in [1.54, 1.807) is 18.8 Å². The number of ether oxygens (including phenoxy) is 1. The molecule has 4 rings (SSSR count). The molecule has 138 valence electrons. The van der Waals surface area contributed by atoms with Gasteiger partial charge in [0.2, 0.25) is 0 Å². The van der Waals surface area contributed by atoms with Crippen LogP contribution in [0.25, 0.3) is 0 Å². The molecule has 1 aliphatic heterocycles. The summed E-state index contributed by atoms with van der Waals surface area (Å²) in [5.41, 5.74) is 4.35. The summed E-state index contributed by atoms with van der Waals surface area (Å²) in [5, 5.41) is 5.69. The Balaban J connectivity index is 1.46. The van der Waals surface area contributed by atoms with Crippen LogP contribution in [0.2, 0.25) is 0 Å². The van der Waals surface area contributed by atoms with E-state index in [9.17, 15) is 4.79 Å². The van der Waals surface area contributed by atoms with Crippen LogP contribution in [0, 0.1) is 6.92 Å². The fraction of sp³-hybridized carbons (Fsp3) is 0.263. The first kappa shape index (κ1) is 17.4. The van der Waals surface area contributed by atoms with Gasteiger partial charge in [-0.05, 0) is 31.2 Å². The molecule has 1 aromatic carbocycles. The van der Waals surface area contributed by atoms with Crippen molar-refractivity contribution >= 4 is 28.1 Å². The smallest absolute Gasteiger partial charge is 0.273 e. The molecule has 0 spiro atoms. The van der Waals surface area contributed by atoms with Gasteiger partial charge < -0.3 is 15.0 Å². The monoisotopic (exact) mass is 381 g/mol. The Morgan fingerprint density at radius 1 is 1.26 bits per heavy atom. The number of thiazole rings is 1. The Morgan fingerprint density at radius 3 is 2.85 bits per heavy atom. The maximum atomic E-state index is 12.9. The lowest BCUT2D eigenvalue weighted by molar-refractivity contribution is 0.0728. The SMILES string of the molecule is COc1ccc(Nc2nc(C(=O)N3CCc4ncnc(C)c4C3)cs2)cc1. The van der Waals surface area contributed by atoms with Gasteiger partial charge in [0.25, 0.3) is 5.91 Å². The summed E-state index contributed by atoms with van der Waals surface area (Å²) in [6.45, 7) is 3.12. The molecule has 1 N–H and O–H groups in total. The fourth-order valence-electron chi connectivity index (χ4n) is 3.04. The van der Waals surface area contributed by atoms with Gasteiger partial charge in [-0.2, -0.15) is 0 Å². The van der Waals surface area contributed by atoms with Crippen LogP contribution < -0.4 is 10.1 Å². The van der Waals surface area contributed by atoms with Gasteiger partial charge in [0.1, 0.15) is 17.8 Å². The predicted octanol–water partition coefficient (Wildman–Crippen LogP) is 3.19. The molecular formula is C19H19N5O2S. The van der Waals surface area contributed by atoms with Gasteiger partial charge in [-0.3, -0.25) is 4.79 Å². The zero-order valence-corrected chi connectivity index (χ0v) is 15.9. The summed E-state index contributed by atoms with van der Waals surface area (Å²) < 4.78 is 5.16. The van der Waals surface area contributed by atoms with Gasteiger partial charge >= 0.3 is 0 Å². The third-order valence-corrected chi connectivity index (χ3v) is 5.33. The van der Waals surface area contributed by atoms with Crippen molar-refractivity contribution < 1.29 is 9.53 Å². The average molecular weight is 381 g/mol. The predicted molar refractivity (Wildman–Crippen MR) is 104 cm³/mol. The van der Waals surface area contributed by atoms with Crippen LogP contribution in [0.4, 0.5) is 10.8 Å². The molecule has 3 heterocycles. The minimum absolute atomic E-state index is 0.0667. The molecule has 0 atom stereocenters. The standard InChI is InChI=1S/C19H19N5O2S/c1-12-15-9-24(8-7-16(15)21-11-20-12)18(25)17-10-27-19(23-17)22-13-3-5-14(26-2)6-4-13/h3-6,10-11H,7-9H2,1-2H3,(H,22,23). The number of carbonyl (C=O) groups is 1. The van der Waals surface area contributed by atoms with Crippen LogP contribution in [-0.4, -0.2) is 39.4 Å². The summed E-state index contributed by atoms with van der Waals surface area (Å²) >= 11 is 1.41. The Kier molecular flexibility index (Phi) is 4.72. The second-order valence-corrected chi connectivity index (χ2v) is 7.11. The molecule has 0 unspecified atom stereocenters. The third-order valence-electron chi connectivity index (χ3n) is 4.57. The zero-order valence-electron chi connectivity index (χ0n) is 15.1. The van der Waals surface area contributed by atoms with Crippen molar-refractivity contribution in [2.45, 2.75) is 19.9 Å². The van der Waals surface area contributed by atoms with E-state index < -0.39 is 0 Å². The Morgan fingerprint density at radius 2 is 2.07 bits per heavy atom. The van der Waals surface area contributed by atoms with Crippen LogP contribution in [0.3, 0.4) is 0 Å². The van der Waals surface area contributed by atoms with E-state index in [-0.39, 0.29) is 5.91 Å². The van der Waals surface area contributed by atoms with Crippen molar-refractivity contribution in [2.24, 2.45) is 0 Å². The van der Waals surface area contributed by atoms with E-state index in [2.05, 4.69) is 20.3 Å². The van der Waals surface area contributed by atoms with Gasteiger partial charge in [0.05, 0.1) is 12.8 Å². The highest BCUT2D eigenvalue weighted by Gasteiger charge is 2.25. The molecule has 1 aliphatic rings. The second kappa shape index (κ2) is 7.32. The highest BCUT2D eigenvalue weighted by Crippen LogP contribution is 2.25. The maximum absolute atomic E-state index is 12.9. The van der Waals surface area contributed by atoms with Crippen molar-refractivity contribution in [3.05, 3.63) is 58.6 Å². The second-order valence-electron chi connectivity index (χ2n) is 6.25. The molecule has 2 aromatic heterocycles. The number of amides is 1. The lowest BCUT2D eigenvalue weighted by Gasteiger charge is -2.28. The first-order valence-electron chi connectivity index (χ1n) is 8.59. The van der Waals surface area contributed by atoms with Gasteiger partial charge in [0.15, 0.2) is 5.13 Å². The minimum atomic E-state index is -0.0667. The van der Waals surface area contributed by atoms with E-state index in [4.69, 9.17) is 4.74 Å². The normalized spacial score (nSPS) is 13.2. The zero-order chi connectivity index (χ0) is 18.8. The van der Waals surface area contributed by atoms with Crippen molar-refractivity contribution in [3.8, 4) is 5.75 Å². The van der Waals surface area contributed by atoms with Gasteiger partial charge in [-0.15, -0.1) is 11.3 Å². The topological polar surface area (TPSA) is 80.2 Å². The van der Waals surface area contributed by atoms with Crippen LogP contribution in [0.1, 0.15) is 27.4 Å². The molecule has 8 heteroatoms. The Labute approximate surface area is 161 Å². The number of aryl methyl sites for hydroxylation is 1. The summed E-state index contributed by atoms with van der Waals surface area (Å²) in [6.07, 6.45) is 2.33. The summed E-state index contributed by atoms with van der Waals surface area (Å²) in [5.74, 6) is 0.725. The maximum Gasteiger partial charge on any atom is 0.273 e. The van der Waals surface area contributed by atoms with Crippen LogP contribution in [0.5, 0.6) is 5.75 Å². The number of nitrogens with zero attached hydrogens (tertiary/aromatic N) is 4. The number of aromatic nitrogens is 3. The average Bonchev–Trinajstić information content (AvgIpc) is 3.16. The van der Waals surface area contributed by atoms with Gasteiger partial charge in [0, 0.05) is 41.8 Å². The number of fused-ring (bicyclic) bond motifs is 1. The van der Waals surface area contributed by atoms with Crippen LogP contribution in [-0.2, 0) is 13.0 Å². The van der Waals surface area contributed by atoms with Crippen molar-refractivity contribution in [1.82, 2.24) is 19.9 Å². The summed E-state index contributed by atoms with van der Waals surface area (Å²) in [4.78, 5) is 27.7. The number of anilines is 2. The quantitative estimate of drug-likeness (QED) is 0.748. The number of benzene rings is 1. The fourth-order valence-corrected chi connectivity index (χ4v) is 3.75. The lowest BCUT2D eigenvalue weighted by atomic mass is 10.0. The Hall–Kier alpha value is -3.00. The molecule has 1 amide bonds. The largest absolute Gasteiger partial charge is 0.497 e. The van der Waals surface area contributed by atoms with E-state index >= 15 is 0 Å². The van der Waals surface area contributed by atoms with E-state index in [0.717, 1.165) is 34.8 Å². The van der Waals surface area contributed by atoms with E-state index in [1.807, 2.05) is 36.1 Å². The molecule has 0 fully saturated rings. The lowest BCUT2D eigenvalue weighted by Crippen LogP contribution is -2.37. The molecule has 0 saturated carbocycles. The molecular weight excluding hydrogens is 362 g/mol. The van der Waals surface area contributed by atoms with Crippen molar-refractivity contribution in [1.29, 1.82) is 0 Å². The number of carbonyl (C=O) groups excluding carboxylic acids is 1. The molecule has 0 aliphatic carbocycles. The third kappa shape index (κ3) is 3.61. The molecule has 0 saturated heterocycles. The van der Waals surface area contributed by atoms with Crippen LogP contribution in [0.15, 0.2) is 36.0 Å². The molecule has 7 nitrogen and oxygen atoms in total. The number of nitrogens with one attached hydrogen (secondary N) is 1. The molecule has 27 heavy (non-hydrogen) atoms. The highest BCUT2D eigenvalue weighted by atomic mass is 32.1. The highest BCUT2D eigenvalue weighted by molar-refractivity contribution is 7.14. The molecule has 3 aromatic rings. The first-order valence-corrected chi connectivity index (χ1v) is 9.47. The number of hydrogen-bond donors (Lipinski definition) is 1. The summed E-state index contributed by atoms with van der Waals surface area (Å²) in [6, 6.07) is 7.56. The van der Waals surface area contributed by atoms with E-state index in [1.165, 1.54) is 11.3 Å². The van der Waals surface area contributed by atoms with Crippen molar-refractivity contribution in [3.63, 3.8) is 0 Å².